The second-order valence-electron chi connectivity index (χ2n) is 4.41. The van der Waals surface area contributed by atoms with E-state index < -0.39 is 10.8 Å². The summed E-state index contributed by atoms with van der Waals surface area (Å²) in [7, 11) is 0. The Morgan fingerprint density at radius 1 is 1.36 bits per heavy atom. The molecule has 0 unspecified atom stereocenters. The van der Waals surface area contributed by atoms with Crippen LogP contribution in [0.15, 0.2) is 57.8 Å². The molecule has 0 saturated heterocycles. The number of carbonyl (C=O) groups excluding carboxylic acids is 1. The van der Waals surface area contributed by atoms with E-state index in [1.807, 2.05) is 0 Å². The molecule has 1 amide bonds. The van der Waals surface area contributed by atoms with E-state index in [1.165, 1.54) is 30.5 Å². The average molecular weight is 299 g/mol. The summed E-state index contributed by atoms with van der Waals surface area (Å²) in [5.41, 5.74) is 3.10. The van der Waals surface area contributed by atoms with E-state index in [0.717, 1.165) is 5.57 Å². The summed E-state index contributed by atoms with van der Waals surface area (Å²) in [6.07, 6.45) is 4.77. The third kappa shape index (κ3) is 4.14. The van der Waals surface area contributed by atoms with Gasteiger partial charge in [-0.3, -0.25) is 14.9 Å². The van der Waals surface area contributed by atoms with Crippen molar-refractivity contribution in [3.8, 4) is 0 Å². The summed E-state index contributed by atoms with van der Waals surface area (Å²) in [6, 6.07) is 8.98. The van der Waals surface area contributed by atoms with Crippen molar-refractivity contribution in [1.82, 2.24) is 5.43 Å². The minimum atomic E-state index is -0.559. The summed E-state index contributed by atoms with van der Waals surface area (Å²) in [4.78, 5) is 21.9. The van der Waals surface area contributed by atoms with E-state index in [0.29, 0.717) is 5.76 Å². The van der Waals surface area contributed by atoms with Crippen LogP contribution in [-0.2, 0) is 0 Å². The summed E-state index contributed by atoms with van der Waals surface area (Å²) in [5.74, 6) is 0.153. The molecule has 1 aromatic carbocycles. The smallest absolute Gasteiger partial charge is 0.271 e. The second-order valence-corrected chi connectivity index (χ2v) is 4.41. The summed E-state index contributed by atoms with van der Waals surface area (Å²) in [6.45, 7) is 1.80. The van der Waals surface area contributed by atoms with Gasteiger partial charge in [0.25, 0.3) is 11.6 Å². The molecule has 7 nitrogen and oxygen atoms in total. The zero-order valence-electron chi connectivity index (χ0n) is 11.7. The third-order valence-corrected chi connectivity index (χ3v) is 2.67. The molecule has 112 valence electrons. The zero-order chi connectivity index (χ0) is 15.9. The first-order chi connectivity index (χ1) is 10.6. The number of nitrogens with one attached hydrogen (secondary N) is 1. The number of benzene rings is 1. The van der Waals surface area contributed by atoms with E-state index in [-0.39, 0.29) is 11.3 Å². The van der Waals surface area contributed by atoms with Gasteiger partial charge in [0.2, 0.25) is 0 Å². The maximum atomic E-state index is 11.8. The summed E-state index contributed by atoms with van der Waals surface area (Å²) in [5, 5.41) is 14.5. The number of nitro benzene ring substituents is 1. The molecule has 7 heteroatoms. The van der Waals surface area contributed by atoms with Crippen LogP contribution in [0.4, 0.5) is 5.69 Å². The van der Waals surface area contributed by atoms with Gasteiger partial charge in [0, 0.05) is 17.7 Å². The molecule has 22 heavy (non-hydrogen) atoms. The van der Waals surface area contributed by atoms with E-state index in [9.17, 15) is 14.9 Å². The molecule has 0 aliphatic heterocycles. The van der Waals surface area contributed by atoms with Crippen LogP contribution in [0.3, 0.4) is 0 Å². The minimum absolute atomic E-state index is 0.148. The van der Waals surface area contributed by atoms with Crippen molar-refractivity contribution in [1.29, 1.82) is 0 Å². The van der Waals surface area contributed by atoms with Crippen molar-refractivity contribution in [2.45, 2.75) is 6.92 Å². The maximum absolute atomic E-state index is 11.8. The fraction of sp³-hybridized carbons (Fsp3) is 0.0667. The van der Waals surface area contributed by atoms with E-state index in [2.05, 4.69) is 10.5 Å². The topological polar surface area (TPSA) is 97.7 Å². The van der Waals surface area contributed by atoms with Gasteiger partial charge in [-0.2, -0.15) is 5.10 Å². The number of hydrogen-bond donors (Lipinski definition) is 1. The maximum Gasteiger partial charge on any atom is 0.271 e. The number of nitrogens with zero attached hydrogens (tertiary/aromatic N) is 2. The lowest BCUT2D eigenvalue weighted by Gasteiger charge is -1.99. The second kappa shape index (κ2) is 6.98. The predicted molar refractivity (Wildman–Crippen MR) is 81.4 cm³/mol. The van der Waals surface area contributed by atoms with Crippen LogP contribution in [0.1, 0.15) is 23.0 Å². The Hall–Kier alpha value is -3.22. The number of furan rings is 1. The van der Waals surface area contributed by atoms with Gasteiger partial charge in [0.1, 0.15) is 5.76 Å². The average Bonchev–Trinajstić information content (AvgIpc) is 3.00. The molecule has 1 aromatic heterocycles. The molecule has 0 aliphatic carbocycles. The molecule has 0 radical (unpaired) electrons. The van der Waals surface area contributed by atoms with Crippen LogP contribution in [0, 0.1) is 10.1 Å². The Kier molecular flexibility index (Phi) is 4.81. The normalized spacial score (nSPS) is 11.6. The molecule has 0 bridgehead atoms. The lowest BCUT2D eigenvalue weighted by atomic mass is 10.2. The van der Waals surface area contributed by atoms with E-state index >= 15 is 0 Å². The Labute approximate surface area is 126 Å². The lowest BCUT2D eigenvalue weighted by Crippen LogP contribution is -2.17. The Morgan fingerprint density at radius 2 is 2.18 bits per heavy atom. The largest absolute Gasteiger partial charge is 0.465 e. The molecule has 0 spiro atoms. The first-order valence-corrected chi connectivity index (χ1v) is 6.36. The molecular weight excluding hydrogens is 286 g/mol. The first kappa shape index (κ1) is 15.2. The molecule has 2 aromatic rings. The van der Waals surface area contributed by atoms with E-state index in [4.69, 9.17) is 4.42 Å². The van der Waals surface area contributed by atoms with Crippen LogP contribution >= 0.6 is 0 Å². The number of carbonyl (C=O) groups is 1. The number of rotatable bonds is 5. The van der Waals surface area contributed by atoms with Gasteiger partial charge in [0.15, 0.2) is 0 Å². The SMILES string of the molecule is C/C(C=NNC(=O)c1cccc([N+](=O)[O-])c1)=C\c1ccco1. The Balaban J connectivity index is 1.99. The molecule has 0 aliphatic rings. The number of hydrazone groups is 1. The van der Waals surface area contributed by atoms with Gasteiger partial charge in [0.05, 0.1) is 17.4 Å². The zero-order valence-corrected chi connectivity index (χ0v) is 11.7. The van der Waals surface area contributed by atoms with Gasteiger partial charge in [-0.25, -0.2) is 5.43 Å². The predicted octanol–water partition coefficient (Wildman–Crippen LogP) is 3.01. The van der Waals surface area contributed by atoms with Crippen molar-refractivity contribution >= 4 is 23.9 Å². The standard InChI is InChI=1S/C15H13N3O4/c1-11(8-14-6-3-7-22-14)10-16-17-15(19)12-4-2-5-13(9-12)18(20)21/h2-10H,1H3,(H,17,19)/b11-8+,16-10?. The van der Waals surface area contributed by atoms with Gasteiger partial charge in [-0.15, -0.1) is 0 Å². The molecular formula is C15H13N3O4. The summed E-state index contributed by atoms with van der Waals surface area (Å²) < 4.78 is 5.15. The monoisotopic (exact) mass is 299 g/mol. The number of amides is 1. The van der Waals surface area contributed by atoms with E-state index in [1.54, 1.807) is 31.4 Å². The highest BCUT2D eigenvalue weighted by Crippen LogP contribution is 2.12. The van der Waals surface area contributed by atoms with Crippen LogP contribution < -0.4 is 5.43 Å². The van der Waals surface area contributed by atoms with Crippen molar-refractivity contribution in [3.05, 3.63) is 69.7 Å². The quantitative estimate of drug-likeness (QED) is 0.521. The highest BCUT2D eigenvalue weighted by atomic mass is 16.6. The molecule has 2 rings (SSSR count). The number of non-ortho nitro benzene ring substituents is 1. The molecule has 0 fully saturated rings. The van der Waals surface area contributed by atoms with Crippen LogP contribution in [0.25, 0.3) is 6.08 Å². The number of hydrogen-bond acceptors (Lipinski definition) is 5. The fourth-order valence-corrected chi connectivity index (χ4v) is 1.65. The molecule has 0 atom stereocenters. The van der Waals surface area contributed by atoms with Crippen LogP contribution in [-0.4, -0.2) is 17.0 Å². The van der Waals surface area contributed by atoms with Crippen molar-refractivity contribution in [2.75, 3.05) is 0 Å². The third-order valence-electron chi connectivity index (χ3n) is 2.67. The summed E-state index contributed by atoms with van der Waals surface area (Å²) >= 11 is 0. The molecule has 1 N–H and O–H groups in total. The van der Waals surface area contributed by atoms with Crippen molar-refractivity contribution < 1.29 is 14.1 Å². The van der Waals surface area contributed by atoms with Gasteiger partial charge in [-0.05, 0) is 36.8 Å². The fourth-order valence-electron chi connectivity index (χ4n) is 1.65. The molecule has 1 heterocycles. The highest BCUT2D eigenvalue weighted by molar-refractivity contribution is 5.95. The minimum Gasteiger partial charge on any atom is -0.465 e. The molecule has 0 saturated carbocycles. The number of nitro groups is 1. The van der Waals surface area contributed by atoms with Gasteiger partial charge < -0.3 is 4.42 Å². The Morgan fingerprint density at radius 3 is 2.86 bits per heavy atom. The van der Waals surface area contributed by atoms with Gasteiger partial charge >= 0.3 is 0 Å². The van der Waals surface area contributed by atoms with Crippen LogP contribution in [0.2, 0.25) is 0 Å². The van der Waals surface area contributed by atoms with Gasteiger partial charge in [-0.1, -0.05) is 6.07 Å². The highest BCUT2D eigenvalue weighted by Gasteiger charge is 2.10. The lowest BCUT2D eigenvalue weighted by molar-refractivity contribution is -0.384. The first-order valence-electron chi connectivity index (χ1n) is 6.36. The van der Waals surface area contributed by atoms with Crippen molar-refractivity contribution in [3.63, 3.8) is 0 Å². The van der Waals surface area contributed by atoms with Crippen molar-refractivity contribution in [2.24, 2.45) is 5.10 Å². The Bertz CT molecular complexity index is 733. The number of allylic oxidation sites excluding steroid dienone is 1. The van der Waals surface area contributed by atoms with Crippen LogP contribution in [0.5, 0.6) is 0 Å².